The first-order chi connectivity index (χ1) is 10.8. The summed E-state index contributed by atoms with van der Waals surface area (Å²) in [7, 11) is -3.49. The number of nitrogens with one attached hydrogen (secondary N) is 1. The molecule has 0 aliphatic rings. The molecule has 0 heterocycles. The average molecular weight is 331 g/mol. The number of hydrogen-bond acceptors (Lipinski definition) is 2. The third kappa shape index (κ3) is 4.66. The van der Waals surface area contributed by atoms with Gasteiger partial charge in [-0.05, 0) is 57.2 Å². The van der Waals surface area contributed by atoms with Crippen LogP contribution in [-0.2, 0) is 16.4 Å². The van der Waals surface area contributed by atoms with E-state index in [1.165, 1.54) is 5.56 Å². The molecular formula is C19H25NO2S. The van der Waals surface area contributed by atoms with Gasteiger partial charge in [0.25, 0.3) is 0 Å². The predicted molar refractivity (Wildman–Crippen MR) is 95.2 cm³/mol. The number of aryl methyl sites for hydroxylation is 4. The molecule has 4 heteroatoms. The van der Waals surface area contributed by atoms with Crippen LogP contribution >= 0.6 is 0 Å². The Morgan fingerprint density at radius 3 is 2.13 bits per heavy atom. The minimum absolute atomic E-state index is 0.111. The molecule has 124 valence electrons. The smallest absolute Gasteiger partial charge is 0.208 e. The maximum atomic E-state index is 12.7. The number of sulfonamides is 1. The van der Waals surface area contributed by atoms with Gasteiger partial charge in [0.05, 0.1) is 4.90 Å². The van der Waals surface area contributed by atoms with E-state index in [-0.39, 0.29) is 6.04 Å². The lowest BCUT2D eigenvalue weighted by Gasteiger charge is -2.17. The van der Waals surface area contributed by atoms with Crippen LogP contribution < -0.4 is 4.72 Å². The average Bonchev–Trinajstić information content (AvgIpc) is 2.44. The lowest BCUT2D eigenvalue weighted by Crippen LogP contribution is -2.33. The molecule has 0 fully saturated rings. The molecule has 0 aliphatic carbocycles. The van der Waals surface area contributed by atoms with Crippen molar-refractivity contribution in [1.82, 2.24) is 4.72 Å². The molecule has 0 saturated carbocycles. The topological polar surface area (TPSA) is 46.2 Å². The molecule has 1 N–H and O–H groups in total. The molecular weight excluding hydrogens is 306 g/mol. The molecule has 23 heavy (non-hydrogen) atoms. The Morgan fingerprint density at radius 1 is 1.00 bits per heavy atom. The number of hydrogen-bond donors (Lipinski definition) is 1. The fourth-order valence-corrected chi connectivity index (χ4v) is 4.73. The summed E-state index contributed by atoms with van der Waals surface area (Å²) < 4.78 is 28.2. The van der Waals surface area contributed by atoms with Crippen LogP contribution in [0, 0.1) is 20.8 Å². The van der Waals surface area contributed by atoms with Crippen molar-refractivity contribution in [1.29, 1.82) is 0 Å². The van der Waals surface area contributed by atoms with Crippen LogP contribution in [0.4, 0.5) is 0 Å². The monoisotopic (exact) mass is 331 g/mol. The Balaban J connectivity index is 2.09. The Morgan fingerprint density at radius 2 is 1.57 bits per heavy atom. The van der Waals surface area contributed by atoms with Crippen molar-refractivity contribution in [3.63, 3.8) is 0 Å². The predicted octanol–water partition coefficient (Wildman–Crippen LogP) is 3.91. The first-order valence-electron chi connectivity index (χ1n) is 7.93. The van der Waals surface area contributed by atoms with Crippen molar-refractivity contribution < 1.29 is 8.42 Å². The lowest BCUT2D eigenvalue weighted by molar-refractivity contribution is 0.546. The van der Waals surface area contributed by atoms with Crippen LogP contribution in [0.1, 0.15) is 35.6 Å². The molecule has 0 radical (unpaired) electrons. The first-order valence-corrected chi connectivity index (χ1v) is 9.42. The van der Waals surface area contributed by atoms with E-state index in [4.69, 9.17) is 0 Å². The van der Waals surface area contributed by atoms with Gasteiger partial charge in [0.1, 0.15) is 0 Å². The van der Waals surface area contributed by atoms with E-state index in [2.05, 4.69) is 16.9 Å². The maximum Gasteiger partial charge on any atom is 0.241 e. The highest BCUT2D eigenvalue weighted by molar-refractivity contribution is 7.89. The minimum atomic E-state index is -3.49. The molecule has 0 saturated heterocycles. The van der Waals surface area contributed by atoms with E-state index in [1.54, 1.807) is 0 Å². The summed E-state index contributed by atoms with van der Waals surface area (Å²) in [5.41, 5.74) is 3.90. The second kappa shape index (κ2) is 7.28. The molecule has 0 aromatic heterocycles. The van der Waals surface area contributed by atoms with Crippen LogP contribution in [0.15, 0.2) is 47.4 Å². The third-order valence-corrected chi connectivity index (χ3v) is 5.83. The lowest BCUT2D eigenvalue weighted by atomic mass is 10.1. The van der Waals surface area contributed by atoms with Gasteiger partial charge in [0, 0.05) is 6.04 Å². The third-order valence-electron chi connectivity index (χ3n) is 3.94. The largest absolute Gasteiger partial charge is 0.241 e. The van der Waals surface area contributed by atoms with Crippen molar-refractivity contribution in [3.05, 3.63) is 64.7 Å². The van der Waals surface area contributed by atoms with E-state index < -0.39 is 10.0 Å². The number of benzene rings is 2. The van der Waals surface area contributed by atoms with E-state index in [9.17, 15) is 8.42 Å². The van der Waals surface area contributed by atoms with Gasteiger partial charge >= 0.3 is 0 Å². The zero-order valence-electron chi connectivity index (χ0n) is 14.3. The van der Waals surface area contributed by atoms with E-state index in [0.29, 0.717) is 4.90 Å². The summed E-state index contributed by atoms with van der Waals surface area (Å²) in [6, 6.07) is 13.8. The molecule has 0 aliphatic heterocycles. The minimum Gasteiger partial charge on any atom is -0.208 e. The van der Waals surface area contributed by atoms with Gasteiger partial charge in [-0.2, -0.15) is 0 Å². The molecule has 0 bridgehead atoms. The Bertz CT molecular complexity index is 744. The molecule has 0 amide bonds. The summed E-state index contributed by atoms with van der Waals surface area (Å²) in [4.78, 5) is 0.412. The summed E-state index contributed by atoms with van der Waals surface area (Å²) in [6.45, 7) is 7.60. The second-order valence-corrected chi connectivity index (χ2v) is 7.93. The maximum absolute atomic E-state index is 12.7. The van der Waals surface area contributed by atoms with Crippen molar-refractivity contribution in [2.75, 3.05) is 0 Å². The van der Waals surface area contributed by atoms with Crippen molar-refractivity contribution in [2.24, 2.45) is 0 Å². The zero-order valence-corrected chi connectivity index (χ0v) is 15.1. The molecule has 2 aromatic carbocycles. The van der Waals surface area contributed by atoms with E-state index >= 15 is 0 Å². The highest BCUT2D eigenvalue weighted by Crippen LogP contribution is 2.22. The fraction of sp³-hybridized carbons (Fsp3) is 0.368. The van der Waals surface area contributed by atoms with Gasteiger partial charge in [-0.3, -0.25) is 0 Å². The first kappa shape index (κ1) is 17.7. The summed E-state index contributed by atoms with van der Waals surface area (Å²) in [5.74, 6) is 0. The summed E-state index contributed by atoms with van der Waals surface area (Å²) in [6.07, 6.45) is 1.63. The van der Waals surface area contributed by atoms with Crippen LogP contribution in [-0.4, -0.2) is 14.5 Å². The molecule has 2 aromatic rings. The molecule has 0 unspecified atom stereocenters. The standard InChI is InChI=1S/C19H25NO2S/c1-14-12-15(2)19(16(3)13-14)23(21,22)20-17(4)10-11-18-8-6-5-7-9-18/h5-9,12-13,17,20H,10-11H2,1-4H3/t17-/m1/s1. The van der Waals surface area contributed by atoms with Gasteiger partial charge in [-0.15, -0.1) is 0 Å². The van der Waals surface area contributed by atoms with Crippen molar-refractivity contribution in [2.45, 2.75) is 51.5 Å². The SMILES string of the molecule is Cc1cc(C)c(S(=O)(=O)N[C@H](C)CCc2ccccc2)c(C)c1. The second-order valence-electron chi connectivity index (χ2n) is 6.27. The highest BCUT2D eigenvalue weighted by atomic mass is 32.2. The van der Waals surface area contributed by atoms with Gasteiger partial charge in [0.15, 0.2) is 0 Å². The molecule has 1 atom stereocenters. The molecule has 3 nitrogen and oxygen atoms in total. The van der Waals surface area contributed by atoms with E-state index in [1.807, 2.05) is 58.0 Å². The summed E-state index contributed by atoms with van der Waals surface area (Å²) >= 11 is 0. The molecule has 2 rings (SSSR count). The Labute approximate surface area is 139 Å². The van der Waals surface area contributed by atoms with Crippen molar-refractivity contribution >= 4 is 10.0 Å². The van der Waals surface area contributed by atoms with Gasteiger partial charge in [-0.1, -0.05) is 48.0 Å². The normalized spacial score (nSPS) is 13.0. The van der Waals surface area contributed by atoms with Gasteiger partial charge in [-0.25, -0.2) is 13.1 Å². The van der Waals surface area contributed by atoms with Gasteiger partial charge < -0.3 is 0 Å². The molecule has 0 spiro atoms. The van der Waals surface area contributed by atoms with E-state index in [0.717, 1.165) is 29.5 Å². The zero-order chi connectivity index (χ0) is 17.0. The fourth-order valence-electron chi connectivity index (χ4n) is 3.00. The van der Waals surface area contributed by atoms with Crippen LogP contribution in [0.3, 0.4) is 0 Å². The van der Waals surface area contributed by atoms with Crippen LogP contribution in [0.2, 0.25) is 0 Å². The Hall–Kier alpha value is -1.65. The van der Waals surface area contributed by atoms with Crippen LogP contribution in [0.5, 0.6) is 0 Å². The quantitative estimate of drug-likeness (QED) is 0.872. The number of rotatable bonds is 6. The highest BCUT2D eigenvalue weighted by Gasteiger charge is 2.21. The van der Waals surface area contributed by atoms with Crippen LogP contribution in [0.25, 0.3) is 0 Å². The Kier molecular flexibility index (Phi) is 5.60. The van der Waals surface area contributed by atoms with Gasteiger partial charge in [0.2, 0.25) is 10.0 Å². The summed E-state index contributed by atoms with van der Waals surface area (Å²) in [5, 5.41) is 0. The van der Waals surface area contributed by atoms with Crippen molar-refractivity contribution in [3.8, 4) is 0 Å².